The maximum Gasteiger partial charge on any atom is 0.410 e. The summed E-state index contributed by atoms with van der Waals surface area (Å²) in [6.45, 7) is 9.79. The Hall–Kier alpha value is -0.810. The van der Waals surface area contributed by atoms with Crippen LogP contribution in [0, 0.1) is 5.41 Å². The molecule has 3 atom stereocenters. The Morgan fingerprint density at radius 3 is 2.70 bits per heavy atom. The summed E-state index contributed by atoms with van der Waals surface area (Å²) in [7, 11) is 0. The lowest BCUT2D eigenvalue weighted by molar-refractivity contribution is -0.149. The van der Waals surface area contributed by atoms with Crippen molar-refractivity contribution in [1.82, 2.24) is 4.90 Å². The van der Waals surface area contributed by atoms with Gasteiger partial charge in [0.2, 0.25) is 0 Å². The van der Waals surface area contributed by atoms with Gasteiger partial charge in [0, 0.05) is 31.2 Å². The van der Waals surface area contributed by atoms with Gasteiger partial charge in [0.1, 0.15) is 5.60 Å². The SMILES string of the molecule is CCO[C@@H]1C[C@H](N)[C@]12CCCN(C(=O)OC(C)(C)C)C2. The monoisotopic (exact) mass is 284 g/mol. The van der Waals surface area contributed by atoms with Gasteiger partial charge in [-0.1, -0.05) is 0 Å². The van der Waals surface area contributed by atoms with E-state index in [9.17, 15) is 4.79 Å². The second-order valence-electron chi connectivity index (χ2n) is 7.02. The third-order valence-corrected chi connectivity index (χ3v) is 4.42. The van der Waals surface area contributed by atoms with Crippen LogP contribution < -0.4 is 5.73 Å². The second-order valence-corrected chi connectivity index (χ2v) is 7.02. The molecule has 20 heavy (non-hydrogen) atoms. The average molecular weight is 284 g/mol. The van der Waals surface area contributed by atoms with Crippen LogP contribution in [0.15, 0.2) is 0 Å². The highest BCUT2D eigenvalue weighted by Gasteiger charge is 2.56. The van der Waals surface area contributed by atoms with E-state index in [0.29, 0.717) is 13.2 Å². The number of piperidine rings is 1. The normalized spacial score (nSPS) is 34.0. The van der Waals surface area contributed by atoms with Gasteiger partial charge in [-0.3, -0.25) is 0 Å². The fraction of sp³-hybridized carbons (Fsp3) is 0.933. The highest BCUT2D eigenvalue weighted by atomic mass is 16.6. The zero-order chi connectivity index (χ0) is 15.0. The van der Waals surface area contributed by atoms with E-state index in [2.05, 4.69) is 0 Å². The van der Waals surface area contributed by atoms with Crippen molar-refractivity contribution in [3.05, 3.63) is 0 Å². The molecule has 0 aromatic rings. The van der Waals surface area contributed by atoms with Crippen LogP contribution in [-0.2, 0) is 9.47 Å². The first-order valence-corrected chi connectivity index (χ1v) is 7.63. The number of amides is 1. The molecule has 5 heteroatoms. The fourth-order valence-corrected chi connectivity index (χ4v) is 3.37. The van der Waals surface area contributed by atoms with Gasteiger partial charge in [-0.05, 0) is 47.0 Å². The Morgan fingerprint density at radius 1 is 1.45 bits per heavy atom. The number of nitrogens with zero attached hydrogens (tertiary/aromatic N) is 1. The maximum atomic E-state index is 12.2. The summed E-state index contributed by atoms with van der Waals surface area (Å²) in [5.41, 5.74) is 5.72. The Kier molecular flexibility index (Phi) is 4.30. The van der Waals surface area contributed by atoms with Crippen LogP contribution in [-0.4, -0.2) is 48.4 Å². The van der Waals surface area contributed by atoms with E-state index < -0.39 is 5.60 Å². The maximum absolute atomic E-state index is 12.2. The molecule has 5 nitrogen and oxygen atoms in total. The molecule has 1 amide bonds. The van der Waals surface area contributed by atoms with Gasteiger partial charge >= 0.3 is 6.09 Å². The van der Waals surface area contributed by atoms with Crippen LogP contribution in [0.2, 0.25) is 0 Å². The fourth-order valence-electron chi connectivity index (χ4n) is 3.37. The van der Waals surface area contributed by atoms with Crippen LogP contribution >= 0.6 is 0 Å². The van der Waals surface area contributed by atoms with Crippen molar-refractivity contribution in [3.63, 3.8) is 0 Å². The first-order valence-electron chi connectivity index (χ1n) is 7.63. The van der Waals surface area contributed by atoms with Crippen LogP contribution in [0.25, 0.3) is 0 Å². The summed E-state index contributed by atoms with van der Waals surface area (Å²) in [5.74, 6) is 0. The van der Waals surface area contributed by atoms with Crippen LogP contribution in [0.1, 0.15) is 47.0 Å². The summed E-state index contributed by atoms with van der Waals surface area (Å²) < 4.78 is 11.3. The molecule has 0 unspecified atom stereocenters. The molecule has 1 heterocycles. The summed E-state index contributed by atoms with van der Waals surface area (Å²) >= 11 is 0. The van der Waals surface area contributed by atoms with Crippen molar-refractivity contribution < 1.29 is 14.3 Å². The predicted octanol–water partition coefficient (Wildman–Crippen LogP) is 2.14. The third kappa shape index (κ3) is 2.93. The van der Waals surface area contributed by atoms with Crippen LogP contribution in [0.4, 0.5) is 4.79 Å². The lowest BCUT2D eigenvalue weighted by atomic mass is 9.58. The number of hydrogen-bond donors (Lipinski definition) is 1. The first kappa shape index (κ1) is 15.6. The quantitative estimate of drug-likeness (QED) is 0.843. The second kappa shape index (κ2) is 5.53. The molecule has 0 aromatic heterocycles. The minimum absolute atomic E-state index is 0.0643. The highest BCUT2D eigenvalue weighted by molar-refractivity contribution is 5.68. The van der Waals surface area contributed by atoms with Crippen molar-refractivity contribution in [1.29, 1.82) is 0 Å². The zero-order valence-corrected chi connectivity index (χ0v) is 13.1. The molecule has 2 fully saturated rings. The van der Waals surface area contributed by atoms with Gasteiger partial charge in [-0.25, -0.2) is 4.79 Å². The molecule has 2 N–H and O–H groups in total. The van der Waals surface area contributed by atoms with Crippen molar-refractivity contribution in [3.8, 4) is 0 Å². The average Bonchev–Trinajstić information content (AvgIpc) is 2.37. The van der Waals surface area contributed by atoms with Crippen molar-refractivity contribution in [2.75, 3.05) is 19.7 Å². The molecular weight excluding hydrogens is 256 g/mol. The zero-order valence-electron chi connectivity index (χ0n) is 13.1. The minimum Gasteiger partial charge on any atom is -0.444 e. The van der Waals surface area contributed by atoms with E-state index in [0.717, 1.165) is 25.8 Å². The number of carbonyl (C=O) groups is 1. The van der Waals surface area contributed by atoms with Crippen molar-refractivity contribution in [2.45, 2.75) is 64.7 Å². The van der Waals surface area contributed by atoms with Crippen LogP contribution in [0.3, 0.4) is 0 Å². The molecule has 1 spiro atoms. The molecule has 0 bridgehead atoms. The van der Waals surface area contributed by atoms with E-state index in [1.807, 2.05) is 27.7 Å². The van der Waals surface area contributed by atoms with Crippen molar-refractivity contribution in [2.24, 2.45) is 11.1 Å². The van der Waals surface area contributed by atoms with Gasteiger partial charge in [0.15, 0.2) is 0 Å². The number of nitrogens with two attached hydrogens (primary N) is 1. The third-order valence-electron chi connectivity index (χ3n) is 4.42. The van der Waals surface area contributed by atoms with E-state index in [1.54, 1.807) is 4.90 Å². The number of ether oxygens (including phenoxy) is 2. The Morgan fingerprint density at radius 2 is 2.15 bits per heavy atom. The van der Waals surface area contributed by atoms with E-state index in [4.69, 9.17) is 15.2 Å². The molecule has 2 aliphatic rings. The van der Waals surface area contributed by atoms with Gasteiger partial charge in [0.05, 0.1) is 6.10 Å². The molecule has 1 aliphatic heterocycles. The number of carbonyl (C=O) groups excluding carboxylic acids is 1. The van der Waals surface area contributed by atoms with Gasteiger partial charge in [-0.2, -0.15) is 0 Å². The molecule has 1 saturated heterocycles. The standard InChI is InChI=1S/C15H28N2O3/c1-5-19-12-9-11(16)15(12)7-6-8-17(10-15)13(18)20-14(2,3)4/h11-12H,5-10,16H2,1-4H3/t11-,12+,15+/m0/s1. The summed E-state index contributed by atoms with van der Waals surface area (Å²) in [5, 5.41) is 0. The molecule has 1 saturated carbocycles. The molecule has 0 radical (unpaired) electrons. The summed E-state index contributed by atoms with van der Waals surface area (Å²) in [6, 6.07) is 0.129. The topological polar surface area (TPSA) is 64.8 Å². The predicted molar refractivity (Wildman–Crippen MR) is 77.5 cm³/mol. The minimum atomic E-state index is -0.456. The van der Waals surface area contributed by atoms with Gasteiger partial charge in [0.25, 0.3) is 0 Å². The van der Waals surface area contributed by atoms with E-state index >= 15 is 0 Å². The molecule has 2 rings (SSSR count). The van der Waals surface area contributed by atoms with Crippen molar-refractivity contribution >= 4 is 6.09 Å². The largest absolute Gasteiger partial charge is 0.444 e. The molecular formula is C15H28N2O3. The Balaban J connectivity index is 2.02. The molecule has 1 aliphatic carbocycles. The smallest absolute Gasteiger partial charge is 0.410 e. The molecule has 0 aromatic carbocycles. The first-order chi connectivity index (χ1) is 9.28. The number of likely N-dealkylation sites (tertiary alicyclic amines) is 1. The molecule has 116 valence electrons. The van der Waals surface area contributed by atoms with Crippen LogP contribution in [0.5, 0.6) is 0 Å². The van der Waals surface area contributed by atoms with E-state index in [1.165, 1.54) is 0 Å². The summed E-state index contributed by atoms with van der Waals surface area (Å²) in [4.78, 5) is 14.0. The van der Waals surface area contributed by atoms with E-state index in [-0.39, 0.29) is 23.7 Å². The number of hydrogen-bond acceptors (Lipinski definition) is 4. The Labute approximate surface area is 121 Å². The highest BCUT2D eigenvalue weighted by Crippen LogP contribution is 2.48. The summed E-state index contributed by atoms with van der Waals surface area (Å²) in [6.07, 6.45) is 2.86. The Bertz CT molecular complexity index is 365. The lowest BCUT2D eigenvalue weighted by Gasteiger charge is -2.57. The van der Waals surface area contributed by atoms with Gasteiger partial charge < -0.3 is 20.1 Å². The lowest BCUT2D eigenvalue weighted by Crippen LogP contribution is -2.68. The number of rotatable bonds is 2. The van der Waals surface area contributed by atoms with Gasteiger partial charge in [-0.15, -0.1) is 0 Å².